The first-order valence-corrected chi connectivity index (χ1v) is 24.7. The van der Waals surface area contributed by atoms with E-state index in [1.54, 1.807) is 14.0 Å². The number of anilines is 1. The van der Waals surface area contributed by atoms with Crippen molar-refractivity contribution in [2.24, 2.45) is 28.1 Å². The summed E-state index contributed by atoms with van der Waals surface area (Å²) in [5.74, 6) is -0.827. The van der Waals surface area contributed by atoms with Crippen molar-refractivity contribution in [2.75, 3.05) is 45.3 Å². The molecular formula is C53H74N10O7. The molecule has 70 heavy (non-hydrogen) atoms. The number of hydrogen-bond donors (Lipinski definition) is 8. The predicted octanol–water partition coefficient (Wildman–Crippen LogP) is 3.30. The number of fused-ring (bicyclic) bond motifs is 3. The SMILES string of the molecule is CCCCC(=O)NC1(C(=O)N[C@H](Cc2ccccc2)C(=O)NC(CCCN=C(N)N)C(C)(N[C@@H](Cc2ccc(C)c3c2CC=CC2CC32)C(=O)NCC(N)=O)OC)CCN(c2cccc(OC)c2)CC1. The van der Waals surface area contributed by atoms with E-state index >= 15 is 4.79 Å². The Morgan fingerprint density at radius 2 is 1.67 bits per heavy atom. The number of piperidine rings is 1. The minimum atomic E-state index is -1.44. The van der Waals surface area contributed by atoms with Crippen molar-refractivity contribution in [3.05, 3.63) is 107 Å². The molecule has 1 saturated carbocycles. The van der Waals surface area contributed by atoms with Gasteiger partial charge in [-0.3, -0.25) is 34.3 Å². The number of allylic oxidation sites excluding steroid dienone is 2. The largest absolute Gasteiger partial charge is 0.497 e. The number of carbonyl (C=O) groups is 5. The lowest BCUT2D eigenvalue weighted by Crippen LogP contribution is -2.68. The zero-order valence-electron chi connectivity index (χ0n) is 41.5. The summed E-state index contributed by atoms with van der Waals surface area (Å²) in [6.45, 7) is 6.65. The molecule has 2 aliphatic carbocycles. The highest BCUT2D eigenvalue weighted by Gasteiger charge is 2.46. The van der Waals surface area contributed by atoms with Gasteiger partial charge in [-0.1, -0.05) is 74.0 Å². The monoisotopic (exact) mass is 963 g/mol. The average Bonchev–Trinajstić information content (AvgIpc) is 4.14. The third kappa shape index (κ3) is 13.9. The Bertz CT molecular complexity index is 2360. The molecule has 1 aliphatic heterocycles. The molecule has 3 aromatic rings. The summed E-state index contributed by atoms with van der Waals surface area (Å²) in [5.41, 5.74) is 20.6. The number of aliphatic imine (C=N–C) groups is 1. The molecule has 11 N–H and O–H groups in total. The van der Waals surface area contributed by atoms with Crippen LogP contribution in [0, 0.1) is 12.8 Å². The number of ether oxygens (including phenoxy) is 2. The Morgan fingerprint density at radius 1 is 0.914 bits per heavy atom. The number of nitrogens with one attached hydrogen (secondary N) is 5. The molecule has 6 atom stereocenters. The van der Waals surface area contributed by atoms with Gasteiger partial charge in [0, 0.05) is 51.3 Å². The van der Waals surface area contributed by atoms with Crippen molar-refractivity contribution in [1.82, 2.24) is 26.6 Å². The number of rotatable bonds is 25. The molecule has 0 spiro atoms. The quantitative estimate of drug-likeness (QED) is 0.0201. The fourth-order valence-corrected chi connectivity index (χ4v) is 9.92. The van der Waals surface area contributed by atoms with Crippen LogP contribution < -0.4 is 53.4 Å². The Balaban J connectivity index is 1.31. The molecule has 0 radical (unpaired) electrons. The maximum absolute atomic E-state index is 15.1. The van der Waals surface area contributed by atoms with Gasteiger partial charge in [-0.05, 0) is 117 Å². The second-order valence-corrected chi connectivity index (χ2v) is 19.1. The number of primary amides is 1. The summed E-state index contributed by atoms with van der Waals surface area (Å²) >= 11 is 0. The smallest absolute Gasteiger partial charge is 0.246 e. The number of nitrogens with two attached hydrogens (primary N) is 3. The Labute approximate surface area is 412 Å². The van der Waals surface area contributed by atoms with Crippen LogP contribution in [-0.4, -0.2) is 105 Å². The number of guanidine groups is 1. The number of carbonyl (C=O) groups excluding carboxylic acids is 5. The first-order valence-electron chi connectivity index (χ1n) is 24.7. The van der Waals surface area contributed by atoms with Crippen molar-refractivity contribution in [2.45, 2.75) is 127 Å². The second-order valence-electron chi connectivity index (χ2n) is 19.1. The summed E-state index contributed by atoms with van der Waals surface area (Å²) < 4.78 is 11.8. The van der Waals surface area contributed by atoms with Gasteiger partial charge < -0.3 is 52.8 Å². The number of methoxy groups -OCH3 is 2. The van der Waals surface area contributed by atoms with Crippen LogP contribution in [0.2, 0.25) is 0 Å². The van der Waals surface area contributed by atoms with Gasteiger partial charge in [0.1, 0.15) is 23.1 Å². The number of benzene rings is 3. The summed E-state index contributed by atoms with van der Waals surface area (Å²) in [6.07, 6.45) is 9.62. The van der Waals surface area contributed by atoms with E-state index in [1.165, 1.54) is 23.8 Å². The molecule has 1 saturated heterocycles. The number of nitrogens with zero attached hydrogens (tertiary/aromatic N) is 2. The fourth-order valence-electron chi connectivity index (χ4n) is 9.92. The van der Waals surface area contributed by atoms with Gasteiger partial charge in [0.05, 0.1) is 25.7 Å². The van der Waals surface area contributed by atoms with Crippen LogP contribution in [0.15, 0.2) is 83.9 Å². The molecule has 3 aliphatic rings. The number of amides is 5. The van der Waals surface area contributed by atoms with E-state index in [-0.39, 0.29) is 63.5 Å². The molecule has 17 heteroatoms. The van der Waals surface area contributed by atoms with Gasteiger partial charge in [-0.15, -0.1) is 0 Å². The van der Waals surface area contributed by atoms with Crippen molar-refractivity contribution in [3.63, 3.8) is 0 Å². The lowest BCUT2D eigenvalue weighted by Gasteiger charge is -2.43. The Morgan fingerprint density at radius 3 is 2.36 bits per heavy atom. The van der Waals surface area contributed by atoms with Gasteiger partial charge in [0.15, 0.2) is 5.96 Å². The average molecular weight is 963 g/mol. The highest BCUT2D eigenvalue weighted by Crippen LogP contribution is 2.52. The summed E-state index contributed by atoms with van der Waals surface area (Å²) in [7, 11) is 3.10. The van der Waals surface area contributed by atoms with Crippen LogP contribution in [0.1, 0.15) is 98.9 Å². The van der Waals surface area contributed by atoms with E-state index in [0.29, 0.717) is 43.5 Å². The predicted molar refractivity (Wildman–Crippen MR) is 272 cm³/mol. The summed E-state index contributed by atoms with van der Waals surface area (Å²) in [5, 5.41) is 15.6. The molecular weight excluding hydrogens is 889 g/mol. The third-order valence-corrected chi connectivity index (χ3v) is 14.1. The van der Waals surface area contributed by atoms with Gasteiger partial charge in [-0.25, -0.2) is 0 Å². The van der Waals surface area contributed by atoms with Gasteiger partial charge >= 0.3 is 0 Å². The molecule has 378 valence electrons. The molecule has 1 heterocycles. The molecule has 0 aromatic heterocycles. The Kier molecular flexibility index (Phi) is 18.4. The number of unbranched alkanes of at least 4 members (excludes halogenated alkanes) is 1. The first kappa shape index (κ1) is 52.9. The zero-order valence-corrected chi connectivity index (χ0v) is 41.5. The van der Waals surface area contributed by atoms with E-state index in [1.807, 2.05) is 61.5 Å². The molecule has 5 amide bonds. The van der Waals surface area contributed by atoms with Crippen molar-refractivity contribution < 1.29 is 33.4 Å². The van der Waals surface area contributed by atoms with Crippen molar-refractivity contribution in [3.8, 4) is 5.75 Å². The first-order chi connectivity index (χ1) is 33.6. The van der Waals surface area contributed by atoms with E-state index in [4.69, 9.17) is 26.7 Å². The van der Waals surface area contributed by atoms with Crippen LogP contribution in [0.3, 0.4) is 0 Å². The molecule has 2 fully saturated rings. The Hall–Kier alpha value is -6.46. The highest BCUT2D eigenvalue weighted by molar-refractivity contribution is 5.95. The molecule has 3 aromatic carbocycles. The minimum absolute atomic E-state index is 0.0836. The van der Waals surface area contributed by atoms with Gasteiger partial charge in [0.2, 0.25) is 29.5 Å². The van der Waals surface area contributed by atoms with E-state index in [0.717, 1.165) is 36.1 Å². The number of aryl methyl sites for hydroxylation is 1. The summed E-state index contributed by atoms with van der Waals surface area (Å²) in [6, 6.07) is 18.3. The zero-order chi connectivity index (χ0) is 50.4. The topological polar surface area (TPSA) is 258 Å². The molecule has 17 nitrogen and oxygen atoms in total. The van der Waals surface area contributed by atoms with E-state index in [2.05, 4.69) is 67.7 Å². The van der Waals surface area contributed by atoms with Crippen LogP contribution in [0.5, 0.6) is 5.75 Å². The van der Waals surface area contributed by atoms with Crippen LogP contribution in [-0.2, 0) is 48.0 Å². The van der Waals surface area contributed by atoms with Crippen LogP contribution in [0.25, 0.3) is 0 Å². The third-order valence-electron chi connectivity index (χ3n) is 14.1. The van der Waals surface area contributed by atoms with E-state index in [9.17, 15) is 19.2 Å². The fraction of sp³-hybridized carbons (Fsp3) is 0.509. The van der Waals surface area contributed by atoms with Crippen LogP contribution >= 0.6 is 0 Å². The van der Waals surface area contributed by atoms with Crippen molar-refractivity contribution in [1.29, 1.82) is 0 Å². The standard InChI is InChI=1S/C53H74N10O7/c1-6-7-21-46(65)62-53(24-27-63(28-25-53)38-17-12-18-39(32-38)69-4)50(68)59-42(29-35-14-9-8-10-15-35)49(67)60-44(20-13-26-57-51(55)56)52(3,70-5)61-43(48(66)58-33-45(54)64)31-37-23-22-34(2)47-40(37)19-11-16-36-30-41(36)47/h8-12,14-18,22-23,32,36,41-44,61H,6-7,13,19-21,24-31,33H2,1-5H3,(H2,54,64)(H,58,66)(H,59,68)(H,60,67)(H,62,65)(H4,55,56,57)/t36?,41?,42-,43+,44?,52?/m1/s1. The van der Waals surface area contributed by atoms with Crippen LogP contribution in [0.4, 0.5) is 5.69 Å². The second kappa shape index (κ2) is 24.4. The maximum atomic E-state index is 15.1. The lowest BCUT2D eigenvalue weighted by atomic mass is 9.85. The highest BCUT2D eigenvalue weighted by atomic mass is 16.5. The molecule has 6 rings (SSSR count). The maximum Gasteiger partial charge on any atom is 0.246 e. The molecule has 0 bridgehead atoms. The number of hydrogen-bond acceptors (Lipinski definition) is 10. The summed E-state index contributed by atoms with van der Waals surface area (Å²) in [4.78, 5) is 76.1. The molecule has 4 unspecified atom stereocenters. The van der Waals surface area contributed by atoms with Gasteiger partial charge in [-0.2, -0.15) is 0 Å². The lowest BCUT2D eigenvalue weighted by molar-refractivity contribution is -0.138. The van der Waals surface area contributed by atoms with E-state index < -0.39 is 53.0 Å². The normalized spacial score (nSPS) is 18.8. The minimum Gasteiger partial charge on any atom is -0.497 e. The van der Waals surface area contributed by atoms with Gasteiger partial charge in [0.25, 0.3) is 0 Å². The van der Waals surface area contributed by atoms with Crippen molar-refractivity contribution >= 4 is 41.2 Å².